The minimum absolute atomic E-state index is 0.0262. The fourth-order valence-electron chi connectivity index (χ4n) is 5.57. The number of aliphatic hydroxyl groups is 1. The topological polar surface area (TPSA) is 123 Å². The summed E-state index contributed by atoms with van der Waals surface area (Å²) in [6, 6.07) is 18.7. The zero-order valence-corrected chi connectivity index (χ0v) is 30.8. The molecule has 2 aliphatic heterocycles. The van der Waals surface area contributed by atoms with Gasteiger partial charge in [-0.25, -0.2) is 19.4 Å². The second-order valence-electron chi connectivity index (χ2n) is 14.1. The zero-order chi connectivity index (χ0) is 36.5. The Kier molecular flexibility index (Phi) is 13.7. The lowest BCUT2D eigenvalue weighted by molar-refractivity contribution is -0.135. The van der Waals surface area contributed by atoms with Crippen molar-refractivity contribution in [3.63, 3.8) is 0 Å². The van der Waals surface area contributed by atoms with E-state index in [-0.39, 0.29) is 42.3 Å². The molecule has 0 unspecified atom stereocenters. The van der Waals surface area contributed by atoms with Gasteiger partial charge in [0.15, 0.2) is 8.32 Å². The number of hydrogen-bond acceptors (Lipinski definition) is 8. The molecule has 0 spiro atoms. The van der Waals surface area contributed by atoms with Crippen molar-refractivity contribution in [2.75, 3.05) is 13.2 Å². The maximum atomic E-state index is 13.3. The highest BCUT2D eigenvalue weighted by Crippen LogP contribution is 2.38. The Morgan fingerprint density at radius 2 is 1.22 bits per heavy atom. The number of rotatable bonds is 12. The number of aliphatic hydroxyl groups excluding tert-OH is 1. The molecule has 2 heterocycles. The predicted molar refractivity (Wildman–Crippen MR) is 191 cm³/mol. The Balaban J connectivity index is 0.000000276. The third kappa shape index (κ3) is 9.99. The first kappa shape index (κ1) is 39.4. The van der Waals surface area contributed by atoms with E-state index in [1.807, 2.05) is 67.6 Å². The number of imide groups is 2. The van der Waals surface area contributed by atoms with Crippen LogP contribution in [0.1, 0.15) is 45.7 Å². The fraction of sp³-hybridized carbons (Fsp3) is 0.474. The molecule has 0 aromatic heterocycles. The van der Waals surface area contributed by atoms with Crippen LogP contribution in [0.3, 0.4) is 0 Å². The molecule has 2 saturated heterocycles. The summed E-state index contributed by atoms with van der Waals surface area (Å²) < 4.78 is 16.6. The van der Waals surface area contributed by atoms with E-state index in [2.05, 4.69) is 47.0 Å². The van der Waals surface area contributed by atoms with Crippen LogP contribution in [0.25, 0.3) is 0 Å². The van der Waals surface area contributed by atoms with Crippen LogP contribution in [0.5, 0.6) is 0 Å². The van der Waals surface area contributed by atoms with Crippen LogP contribution in [-0.4, -0.2) is 84.7 Å². The Labute approximate surface area is 291 Å². The second-order valence-corrected chi connectivity index (χ2v) is 18.9. The summed E-state index contributed by atoms with van der Waals surface area (Å²) in [6.45, 7) is 21.9. The molecule has 10 nitrogen and oxygen atoms in total. The summed E-state index contributed by atoms with van der Waals surface area (Å²) in [5.74, 6) is -2.18. The first-order chi connectivity index (χ1) is 23.0. The zero-order valence-electron chi connectivity index (χ0n) is 29.8. The molecule has 0 aliphatic carbocycles. The standard InChI is InChI=1S/C22H33NO4Si.C16H19NO4/c1-8-19(16(2)27-28(6,7)22(3,4)5)20(24)23-18(15-26-21(23)25)14-17-12-10-9-11-13-17;1-3-14(11(2)18)15(19)17-13(10-21-16(17)20)9-12-7-5-4-6-8-12/h8-13,16,18-19H,1,14-15H2,2-7H3;3-8,11,13-14,18H,1,9-10H2,2H3/t16-,18+,19+;11-,13+,14+/m00/s1. The van der Waals surface area contributed by atoms with E-state index in [1.165, 1.54) is 17.9 Å². The van der Waals surface area contributed by atoms with Crippen LogP contribution in [0.4, 0.5) is 9.59 Å². The normalized spacial score (nSPS) is 20.2. The summed E-state index contributed by atoms with van der Waals surface area (Å²) in [7, 11) is -2.06. The van der Waals surface area contributed by atoms with Crippen molar-refractivity contribution in [3.05, 3.63) is 97.1 Å². The molecular formula is C38H52N2O8Si. The van der Waals surface area contributed by atoms with Crippen LogP contribution in [-0.2, 0) is 36.3 Å². The second kappa shape index (κ2) is 17.0. The van der Waals surface area contributed by atoms with Gasteiger partial charge in [-0.05, 0) is 55.9 Å². The van der Waals surface area contributed by atoms with Gasteiger partial charge in [-0.1, -0.05) is 93.6 Å². The quantitative estimate of drug-likeness (QED) is 0.196. The van der Waals surface area contributed by atoms with Gasteiger partial charge in [0.05, 0.1) is 36.1 Å². The summed E-state index contributed by atoms with van der Waals surface area (Å²) in [5.41, 5.74) is 2.08. The minimum Gasteiger partial charge on any atom is -0.447 e. The molecule has 2 fully saturated rings. The smallest absolute Gasteiger partial charge is 0.417 e. The lowest BCUT2D eigenvalue weighted by Gasteiger charge is -2.40. The van der Waals surface area contributed by atoms with Gasteiger partial charge >= 0.3 is 12.2 Å². The Hall–Kier alpha value is -4.06. The Morgan fingerprint density at radius 3 is 1.57 bits per heavy atom. The molecule has 2 aromatic rings. The molecule has 0 bridgehead atoms. The molecule has 0 saturated carbocycles. The van der Waals surface area contributed by atoms with E-state index in [1.54, 1.807) is 6.08 Å². The molecule has 1 N–H and O–H groups in total. The fourth-order valence-corrected chi connectivity index (χ4v) is 7.00. The lowest BCUT2D eigenvalue weighted by atomic mass is 10.00. The maximum absolute atomic E-state index is 13.3. The first-order valence-electron chi connectivity index (χ1n) is 16.7. The third-order valence-electron chi connectivity index (χ3n) is 9.42. The molecule has 266 valence electrons. The van der Waals surface area contributed by atoms with Crippen LogP contribution >= 0.6 is 0 Å². The van der Waals surface area contributed by atoms with E-state index in [0.717, 1.165) is 16.0 Å². The van der Waals surface area contributed by atoms with Gasteiger partial charge in [0.2, 0.25) is 11.8 Å². The summed E-state index contributed by atoms with van der Waals surface area (Å²) in [6.07, 6.45) is 1.54. The molecular weight excluding hydrogens is 641 g/mol. The van der Waals surface area contributed by atoms with Crippen LogP contribution < -0.4 is 0 Å². The summed E-state index contributed by atoms with van der Waals surface area (Å²) in [4.78, 5) is 52.2. The van der Waals surface area contributed by atoms with Crippen molar-refractivity contribution in [2.45, 2.75) is 89.9 Å². The minimum atomic E-state index is -2.06. The summed E-state index contributed by atoms with van der Waals surface area (Å²) >= 11 is 0. The molecule has 4 amide bonds. The maximum Gasteiger partial charge on any atom is 0.417 e. The molecule has 49 heavy (non-hydrogen) atoms. The van der Waals surface area contributed by atoms with Crippen LogP contribution in [0, 0.1) is 11.8 Å². The van der Waals surface area contributed by atoms with Gasteiger partial charge in [0.1, 0.15) is 13.2 Å². The van der Waals surface area contributed by atoms with Gasteiger partial charge < -0.3 is 19.0 Å². The summed E-state index contributed by atoms with van der Waals surface area (Å²) in [5, 5.41) is 9.66. The third-order valence-corrected chi connectivity index (χ3v) is 14.0. The van der Waals surface area contributed by atoms with Crippen LogP contribution in [0.15, 0.2) is 86.0 Å². The molecule has 4 rings (SSSR count). The monoisotopic (exact) mass is 692 g/mol. The van der Waals surface area contributed by atoms with Crippen molar-refractivity contribution in [2.24, 2.45) is 11.8 Å². The number of carbonyl (C=O) groups excluding carboxylic acids is 4. The average Bonchev–Trinajstić information content (AvgIpc) is 3.58. The highest BCUT2D eigenvalue weighted by molar-refractivity contribution is 6.74. The number of cyclic esters (lactones) is 2. The molecule has 2 aromatic carbocycles. The number of hydrogen-bond donors (Lipinski definition) is 1. The Morgan fingerprint density at radius 1 is 0.837 bits per heavy atom. The predicted octanol–water partition coefficient (Wildman–Crippen LogP) is 6.55. The molecule has 2 aliphatic rings. The van der Waals surface area contributed by atoms with Gasteiger partial charge in [-0.2, -0.15) is 0 Å². The van der Waals surface area contributed by atoms with Crippen molar-refractivity contribution in [1.82, 2.24) is 9.80 Å². The van der Waals surface area contributed by atoms with Crippen molar-refractivity contribution in [3.8, 4) is 0 Å². The van der Waals surface area contributed by atoms with Gasteiger partial charge in [-0.3, -0.25) is 9.59 Å². The highest BCUT2D eigenvalue weighted by atomic mass is 28.4. The first-order valence-corrected chi connectivity index (χ1v) is 19.6. The van der Waals surface area contributed by atoms with E-state index in [0.29, 0.717) is 12.8 Å². The Bertz CT molecular complexity index is 1460. The van der Waals surface area contributed by atoms with Crippen molar-refractivity contribution in [1.29, 1.82) is 0 Å². The number of benzene rings is 2. The van der Waals surface area contributed by atoms with Crippen LogP contribution in [0.2, 0.25) is 18.1 Å². The number of nitrogens with zero attached hydrogens (tertiary/aromatic N) is 2. The highest BCUT2D eigenvalue weighted by Gasteiger charge is 2.45. The average molecular weight is 693 g/mol. The van der Waals surface area contributed by atoms with E-state index < -0.39 is 44.4 Å². The SMILES string of the molecule is C=C[C@@H](C(=O)N1C(=O)OC[C@H]1Cc1ccccc1)[C@H](C)O.C=C[C@@H](C(=O)N1C(=O)OC[C@H]1Cc1ccccc1)[C@H](C)O[Si](C)(C)C(C)(C)C. The van der Waals surface area contributed by atoms with E-state index in [4.69, 9.17) is 13.9 Å². The number of carbonyl (C=O) groups is 4. The molecule has 6 atom stereocenters. The van der Waals surface area contributed by atoms with Crippen molar-refractivity contribution < 1.29 is 38.2 Å². The van der Waals surface area contributed by atoms with E-state index in [9.17, 15) is 24.3 Å². The largest absolute Gasteiger partial charge is 0.447 e. The van der Waals surface area contributed by atoms with Crippen molar-refractivity contribution >= 4 is 32.3 Å². The van der Waals surface area contributed by atoms with E-state index >= 15 is 0 Å². The number of ether oxygens (including phenoxy) is 2. The molecule has 11 heteroatoms. The lowest BCUT2D eigenvalue weighted by Crippen LogP contribution is -2.50. The van der Waals surface area contributed by atoms with Gasteiger partial charge in [0.25, 0.3) is 0 Å². The number of amides is 4. The van der Waals surface area contributed by atoms with Gasteiger partial charge in [-0.15, -0.1) is 13.2 Å². The van der Waals surface area contributed by atoms with Gasteiger partial charge in [0, 0.05) is 0 Å². The molecule has 0 radical (unpaired) electrons.